The number of carbonyl (C=O) groups excluding carboxylic acids is 1. The van der Waals surface area contributed by atoms with Crippen LogP contribution in [0.1, 0.15) is 46.6 Å². The Bertz CT molecular complexity index is 1160. The van der Waals surface area contributed by atoms with E-state index in [1.807, 2.05) is 29.2 Å². The number of likely N-dealkylation sites (N-methyl/N-ethyl adjacent to an activating group) is 1. The van der Waals surface area contributed by atoms with Crippen LogP contribution in [0.3, 0.4) is 0 Å². The van der Waals surface area contributed by atoms with Crippen molar-refractivity contribution >= 4 is 17.4 Å². The number of aromatic nitrogens is 1. The van der Waals surface area contributed by atoms with Crippen LogP contribution in [0.2, 0.25) is 0 Å². The maximum absolute atomic E-state index is 13.8. The third-order valence-corrected chi connectivity index (χ3v) is 7.91. The fraction of sp³-hybridized carbons (Fsp3) is 0.423. The monoisotopic (exact) mass is 482 g/mol. The van der Waals surface area contributed by atoms with Crippen LogP contribution < -0.4 is 5.32 Å². The molecule has 0 radical (unpaired) electrons. The van der Waals surface area contributed by atoms with Gasteiger partial charge in [0, 0.05) is 49.5 Å². The van der Waals surface area contributed by atoms with Crippen LogP contribution in [-0.2, 0) is 24.2 Å². The summed E-state index contributed by atoms with van der Waals surface area (Å²) in [4.78, 5) is 19.2. The fourth-order valence-corrected chi connectivity index (χ4v) is 6.41. The lowest BCUT2D eigenvalue weighted by Gasteiger charge is -2.32. The SMILES string of the molecule is CCOCCCNC(=O)N1Cc2c(sc3c2CCN(C)C3)-n2cccc2[C@@H]1c1ccc(F)cc1. The molecule has 8 heteroatoms. The minimum atomic E-state index is -0.316. The summed E-state index contributed by atoms with van der Waals surface area (Å²) in [5.41, 5.74) is 4.53. The van der Waals surface area contributed by atoms with Crippen LogP contribution in [0, 0.1) is 5.82 Å². The van der Waals surface area contributed by atoms with E-state index in [-0.39, 0.29) is 17.9 Å². The van der Waals surface area contributed by atoms with Gasteiger partial charge in [0.05, 0.1) is 18.3 Å². The molecule has 5 rings (SSSR count). The third kappa shape index (κ3) is 4.37. The van der Waals surface area contributed by atoms with Crippen LogP contribution >= 0.6 is 11.3 Å². The quantitative estimate of drug-likeness (QED) is 0.518. The average molecular weight is 483 g/mol. The predicted octanol–water partition coefficient (Wildman–Crippen LogP) is 4.71. The van der Waals surface area contributed by atoms with Crippen molar-refractivity contribution in [3.63, 3.8) is 0 Å². The molecule has 0 saturated heterocycles. The molecule has 0 spiro atoms. The molecule has 0 unspecified atom stereocenters. The highest BCUT2D eigenvalue weighted by molar-refractivity contribution is 7.15. The van der Waals surface area contributed by atoms with Crippen molar-refractivity contribution in [2.75, 3.05) is 33.4 Å². The molecule has 2 aliphatic rings. The fourth-order valence-electron chi connectivity index (χ4n) is 4.96. The number of amides is 2. The van der Waals surface area contributed by atoms with Gasteiger partial charge in [0.2, 0.25) is 0 Å². The first-order chi connectivity index (χ1) is 16.6. The number of fused-ring (bicyclic) bond motifs is 5. The second-order valence-corrected chi connectivity index (χ2v) is 10.0. The van der Waals surface area contributed by atoms with E-state index in [4.69, 9.17) is 4.74 Å². The van der Waals surface area contributed by atoms with Gasteiger partial charge in [-0.25, -0.2) is 9.18 Å². The van der Waals surface area contributed by atoms with Gasteiger partial charge in [-0.05, 0) is 62.2 Å². The molecular formula is C26H31FN4O2S. The molecule has 34 heavy (non-hydrogen) atoms. The molecule has 2 aromatic heterocycles. The van der Waals surface area contributed by atoms with Crippen LogP contribution in [0.4, 0.5) is 9.18 Å². The Kier molecular flexibility index (Phi) is 6.72. The minimum absolute atomic E-state index is 0.112. The summed E-state index contributed by atoms with van der Waals surface area (Å²) < 4.78 is 21.4. The Morgan fingerprint density at radius 3 is 2.82 bits per heavy atom. The van der Waals surface area contributed by atoms with E-state index in [0.717, 1.165) is 37.2 Å². The lowest BCUT2D eigenvalue weighted by molar-refractivity contribution is 0.143. The molecule has 0 aliphatic carbocycles. The lowest BCUT2D eigenvalue weighted by atomic mass is 10.0. The molecular weight excluding hydrogens is 451 g/mol. The highest BCUT2D eigenvalue weighted by Crippen LogP contribution is 2.43. The second-order valence-electron chi connectivity index (χ2n) is 8.94. The van der Waals surface area contributed by atoms with Gasteiger partial charge in [-0.15, -0.1) is 11.3 Å². The molecule has 3 aromatic rings. The Morgan fingerprint density at radius 2 is 2.03 bits per heavy atom. The molecule has 4 heterocycles. The summed E-state index contributed by atoms with van der Waals surface area (Å²) in [6.45, 7) is 6.28. The highest BCUT2D eigenvalue weighted by Gasteiger charge is 2.36. The number of hydrogen-bond acceptors (Lipinski definition) is 4. The lowest BCUT2D eigenvalue weighted by Crippen LogP contribution is -2.42. The number of nitrogens with one attached hydrogen (secondary N) is 1. The van der Waals surface area contributed by atoms with E-state index in [2.05, 4.69) is 34.1 Å². The van der Waals surface area contributed by atoms with E-state index >= 15 is 0 Å². The average Bonchev–Trinajstić information content (AvgIpc) is 3.41. The summed E-state index contributed by atoms with van der Waals surface area (Å²) in [6, 6.07) is 10.2. The Morgan fingerprint density at radius 1 is 1.21 bits per heavy atom. The number of nitrogens with zero attached hydrogens (tertiary/aromatic N) is 3. The standard InChI is InChI=1S/C26H31FN4O2S/c1-3-33-15-5-12-28-26(32)31-16-21-20-11-14-29(2)17-23(20)34-25(21)30-13-4-6-22(30)24(31)18-7-9-19(27)10-8-18/h4,6-10,13,24H,3,5,11-12,14-17H2,1-2H3,(H,28,32)/t24-/m0/s1. The smallest absolute Gasteiger partial charge is 0.318 e. The number of hydrogen-bond donors (Lipinski definition) is 1. The van der Waals surface area contributed by atoms with Gasteiger partial charge in [-0.1, -0.05) is 12.1 Å². The highest BCUT2D eigenvalue weighted by atomic mass is 32.1. The topological polar surface area (TPSA) is 49.7 Å². The Labute approximate surface area is 203 Å². The van der Waals surface area contributed by atoms with Crippen LogP contribution in [0.5, 0.6) is 0 Å². The van der Waals surface area contributed by atoms with Crippen LogP contribution in [0.25, 0.3) is 5.00 Å². The molecule has 1 aromatic carbocycles. The molecule has 0 saturated carbocycles. The molecule has 1 N–H and O–H groups in total. The van der Waals surface area contributed by atoms with Crippen molar-refractivity contribution in [3.8, 4) is 5.00 Å². The molecule has 2 aliphatic heterocycles. The number of benzene rings is 1. The van der Waals surface area contributed by atoms with E-state index in [1.54, 1.807) is 12.1 Å². The number of halogens is 1. The van der Waals surface area contributed by atoms with Gasteiger partial charge in [-0.3, -0.25) is 0 Å². The maximum Gasteiger partial charge on any atom is 0.318 e. The summed E-state index contributed by atoms with van der Waals surface area (Å²) in [7, 11) is 2.15. The number of urea groups is 1. The molecule has 2 amide bonds. The Balaban J connectivity index is 1.55. The molecule has 180 valence electrons. The van der Waals surface area contributed by atoms with Gasteiger partial charge in [0.1, 0.15) is 10.8 Å². The molecule has 6 nitrogen and oxygen atoms in total. The van der Waals surface area contributed by atoms with E-state index in [9.17, 15) is 9.18 Å². The zero-order valence-corrected chi connectivity index (χ0v) is 20.5. The van der Waals surface area contributed by atoms with Crippen molar-refractivity contribution < 1.29 is 13.9 Å². The van der Waals surface area contributed by atoms with E-state index in [1.165, 1.54) is 33.1 Å². The summed E-state index contributed by atoms with van der Waals surface area (Å²) in [6.07, 6.45) is 3.83. The normalized spacial score (nSPS) is 17.6. The van der Waals surface area contributed by atoms with Gasteiger partial charge in [-0.2, -0.15) is 0 Å². The van der Waals surface area contributed by atoms with Gasteiger partial charge in [0.25, 0.3) is 0 Å². The first-order valence-electron chi connectivity index (χ1n) is 11.9. The van der Waals surface area contributed by atoms with Crippen LogP contribution in [0.15, 0.2) is 42.6 Å². The van der Waals surface area contributed by atoms with Gasteiger partial charge < -0.3 is 24.4 Å². The number of ether oxygens (including phenoxy) is 1. The maximum atomic E-state index is 13.8. The zero-order valence-electron chi connectivity index (χ0n) is 19.7. The molecule has 0 bridgehead atoms. The number of carbonyl (C=O) groups is 1. The largest absolute Gasteiger partial charge is 0.382 e. The van der Waals surface area contributed by atoms with Crippen molar-refractivity contribution in [1.29, 1.82) is 0 Å². The predicted molar refractivity (Wildman–Crippen MR) is 132 cm³/mol. The summed E-state index contributed by atoms with van der Waals surface area (Å²) in [5, 5.41) is 4.30. The van der Waals surface area contributed by atoms with E-state index < -0.39 is 0 Å². The second kappa shape index (κ2) is 9.90. The van der Waals surface area contributed by atoms with E-state index in [0.29, 0.717) is 26.3 Å². The minimum Gasteiger partial charge on any atom is -0.382 e. The van der Waals surface area contributed by atoms with Gasteiger partial charge >= 0.3 is 6.03 Å². The first-order valence-corrected chi connectivity index (χ1v) is 12.8. The molecule has 1 atom stereocenters. The Hall–Kier alpha value is -2.68. The van der Waals surface area contributed by atoms with Crippen molar-refractivity contribution in [3.05, 3.63) is 75.7 Å². The third-order valence-electron chi connectivity index (χ3n) is 6.65. The van der Waals surface area contributed by atoms with Crippen molar-refractivity contribution in [2.24, 2.45) is 0 Å². The van der Waals surface area contributed by atoms with Crippen molar-refractivity contribution in [2.45, 2.75) is 38.9 Å². The zero-order chi connectivity index (χ0) is 23.7. The summed E-state index contributed by atoms with van der Waals surface area (Å²) in [5.74, 6) is -0.281. The number of rotatable bonds is 6. The van der Waals surface area contributed by atoms with Crippen molar-refractivity contribution in [1.82, 2.24) is 19.7 Å². The molecule has 0 fully saturated rings. The first kappa shape index (κ1) is 23.1. The van der Waals surface area contributed by atoms with Gasteiger partial charge in [0.15, 0.2) is 0 Å². The van der Waals surface area contributed by atoms with Crippen LogP contribution in [-0.4, -0.2) is 53.7 Å². The summed E-state index contributed by atoms with van der Waals surface area (Å²) >= 11 is 1.83. The number of thiophene rings is 1.